The zero-order valence-electron chi connectivity index (χ0n) is 15.0. The number of allylic oxidation sites excluding steroid dienone is 2. The quantitative estimate of drug-likeness (QED) is 0.398. The van der Waals surface area contributed by atoms with Crippen molar-refractivity contribution in [2.24, 2.45) is 5.73 Å². The molecule has 1 fully saturated rings. The molecule has 2 aliphatic rings. The Balaban J connectivity index is 0.00000261. The van der Waals surface area contributed by atoms with Gasteiger partial charge in [-0.05, 0) is 18.1 Å². The zero-order chi connectivity index (χ0) is 18.8. The van der Waals surface area contributed by atoms with Crippen LogP contribution >= 0.6 is 11.8 Å². The first-order valence-corrected chi connectivity index (χ1v) is 9.13. The van der Waals surface area contributed by atoms with Crippen LogP contribution < -0.4 is 45.7 Å². The molecule has 1 aromatic carbocycles. The number of carbonyl (C=O) groups excluding carboxylic acids is 3. The number of aliphatic carboxylic acids is 1. The van der Waals surface area contributed by atoms with Crippen LogP contribution in [0.25, 0.3) is 0 Å². The molecule has 0 aliphatic carbocycles. The molecule has 0 spiro atoms. The normalized spacial score (nSPS) is 22.6. The minimum Gasteiger partial charge on any atom is -0.543 e. The molecule has 136 valence electrons. The molecule has 3 rings (SSSR count). The summed E-state index contributed by atoms with van der Waals surface area (Å²) < 4.78 is 0. The second-order valence-corrected chi connectivity index (χ2v) is 7.05. The van der Waals surface area contributed by atoms with E-state index in [9.17, 15) is 19.5 Å². The number of β-lactam (4-membered cyclic amide) rings is 1. The molecule has 2 heterocycles. The second-order valence-electron chi connectivity index (χ2n) is 5.95. The maximum absolute atomic E-state index is 12.5. The molecule has 0 saturated carbocycles. The third kappa shape index (κ3) is 4.14. The predicted molar refractivity (Wildman–Crippen MR) is 95.2 cm³/mol. The molecule has 3 N–H and O–H groups in total. The number of hydrogen-bond donors (Lipinski definition) is 2. The largest absolute Gasteiger partial charge is 1.00 e. The summed E-state index contributed by atoms with van der Waals surface area (Å²) >= 11 is 1.39. The van der Waals surface area contributed by atoms with Gasteiger partial charge in [0.05, 0.1) is 11.7 Å². The molecule has 2 amide bonds. The zero-order valence-corrected chi connectivity index (χ0v) is 17.9. The molecule has 3 atom stereocenters. The number of fused-ring (bicyclic) bond motifs is 1. The third-order valence-electron chi connectivity index (χ3n) is 4.30. The maximum atomic E-state index is 12.5. The number of nitrogens with two attached hydrogens (primary N) is 1. The van der Waals surface area contributed by atoms with Crippen molar-refractivity contribution < 1.29 is 49.0 Å². The van der Waals surface area contributed by atoms with E-state index in [1.165, 1.54) is 16.7 Å². The monoisotopic (exact) mass is 395 g/mol. The van der Waals surface area contributed by atoms with Gasteiger partial charge in [-0.15, -0.1) is 11.8 Å². The number of amides is 2. The van der Waals surface area contributed by atoms with E-state index in [0.29, 0.717) is 16.9 Å². The topological polar surface area (TPSA) is 116 Å². The van der Waals surface area contributed by atoms with Gasteiger partial charge < -0.3 is 21.0 Å². The van der Waals surface area contributed by atoms with E-state index in [-0.39, 0.29) is 35.3 Å². The van der Waals surface area contributed by atoms with E-state index in [4.69, 9.17) is 5.73 Å². The SMILES string of the molecule is C/C=C\C1=C(C(=O)[O-])N2C(=O)[C@@H](NC(=O)C(N)c3ccccc3)[C@H]2SC1.[Na+]. The van der Waals surface area contributed by atoms with E-state index in [1.807, 2.05) is 6.07 Å². The molecule has 9 heteroatoms. The van der Waals surface area contributed by atoms with Gasteiger partial charge in [0, 0.05) is 5.75 Å². The van der Waals surface area contributed by atoms with Crippen molar-refractivity contribution in [1.29, 1.82) is 0 Å². The summed E-state index contributed by atoms with van der Waals surface area (Å²) in [7, 11) is 0. The number of nitrogens with one attached hydrogen (secondary N) is 1. The molecule has 1 aromatic rings. The first kappa shape index (κ1) is 21.7. The van der Waals surface area contributed by atoms with Crippen molar-refractivity contribution in [3.63, 3.8) is 0 Å². The van der Waals surface area contributed by atoms with Gasteiger partial charge in [0.15, 0.2) is 0 Å². The summed E-state index contributed by atoms with van der Waals surface area (Å²) in [6.45, 7) is 1.77. The average molecular weight is 395 g/mol. The van der Waals surface area contributed by atoms with Crippen LogP contribution in [-0.2, 0) is 14.4 Å². The van der Waals surface area contributed by atoms with Gasteiger partial charge in [0.1, 0.15) is 17.5 Å². The minimum atomic E-state index is -1.40. The Morgan fingerprint density at radius 2 is 2.04 bits per heavy atom. The number of nitrogens with zero attached hydrogens (tertiary/aromatic N) is 1. The molecular formula is C18H18N3NaO4S. The van der Waals surface area contributed by atoms with E-state index in [1.54, 1.807) is 43.3 Å². The Bertz CT molecular complexity index is 812. The average Bonchev–Trinajstić information content (AvgIpc) is 2.65. The fourth-order valence-corrected chi connectivity index (χ4v) is 4.33. The molecule has 1 unspecified atom stereocenters. The molecule has 0 aromatic heterocycles. The van der Waals surface area contributed by atoms with Crippen LogP contribution in [0, 0.1) is 0 Å². The van der Waals surface area contributed by atoms with Gasteiger partial charge in [-0.1, -0.05) is 42.5 Å². The number of thioether (sulfide) groups is 1. The number of carboxylic acids is 1. The van der Waals surface area contributed by atoms with Gasteiger partial charge in [0.2, 0.25) is 5.91 Å². The second kappa shape index (κ2) is 9.07. The molecule has 7 nitrogen and oxygen atoms in total. The minimum absolute atomic E-state index is 0. The molecule has 2 aliphatic heterocycles. The molecular weight excluding hydrogens is 377 g/mol. The Hall–Kier alpha value is -1.58. The van der Waals surface area contributed by atoms with Gasteiger partial charge in [-0.2, -0.15) is 0 Å². The summed E-state index contributed by atoms with van der Waals surface area (Å²) in [5, 5.41) is 13.6. The van der Waals surface area contributed by atoms with Crippen molar-refractivity contribution in [2.75, 3.05) is 5.75 Å². The van der Waals surface area contributed by atoms with Crippen molar-refractivity contribution in [2.45, 2.75) is 24.4 Å². The van der Waals surface area contributed by atoms with E-state index in [2.05, 4.69) is 5.32 Å². The molecule has 1 saturated heterocycles. The van der Waals surface area contributed by atoms with Gasteiger partial charge in [0.25, 0.3) is 5.91 Å². The van der Waals surface area contributed by atoms with Crippen LogP contribution in [0.3, 0.4) is 0 Å². The number of hydrogen-bond acceptors (Lipinski definition) is 6. The Morgan fingerprint density at radius 3 is 2.63 bits per heavy atom. The summed E-state index contributed by atoms with van der Waals surface area (Å²) in [6, 6.07) is 7.12. The summed E-state index contributed by atoms with van der Waals surface area (Å²) in [6.07, 6.45) is 3.36. The fourth-order valence-electron chi connectivity index (χ4n) is 3.02. The van der Waals surface area contributed by atoms with Crippen molar-refractivity contribution in [3.8, 4) is 0 Å². The molecule has 0 radical (unpaired) electrons. The van der Waals surface area contributed by atoms with Gasteiger partial charge >= 0.3 is 29.6 Å². The Kier molecular flexibility index (Phi) is 7.30. The Labute approximate surface area is 183 Å². The van der Waals surface area contributed by atoms with Crippen LogP contribution in [0.15, 0.2) is 53.8 Å². The van der Waals surface area contributed by atoms with Crippen molar-refractivity contribution in [1.82, 2.24) is 10.2 Å². The standard InChI is InChI=1S/C18H19N3O4S.Na/c1-2-6-11-9-26-17-13(16(23)21(17)14(11)18(24)25)20-15(22)12(19)10-7-4-3-5-8-10;/h2-8,12-13,17H,9,19H2,1H3,(H,20,22)(H,24,25);/q;+1/p-1/b6-2-;/t12?,13-,17-;/m1./s1. The Morgan fingerprint density at radius 1 is 1.37 bits per heavy atom. The summed E-state index contributed by atoms with van der Waals surface area (Å²) in [4.78, 5) is 37.5. The molecule has 0 bridgehead atoms. The third-order valence-corrected chi connectivity index (χ3v) is 5.60. The van der Waals surface area contributed by atoms with Gasteiger partial charge in [-0.3, -0.25) is 14.5 Å². The van der Waals surface area contributed by atoms with Crippen molar-refractivity contribution in [3.05, 3.63) is 59.3 Å². The van der Waals surface area contributed by atoms with E-state index < -0.39 is 35.2 Å². The summed E-state index contributed by atoms with van der Waals surface area (Å²) in [5.74, 6) is -1.94. The molecule has 27 heavy (non-hydrogen) atoms. The number of carbonyl (C=O) groups is 3. The van der Waals surface area contributed by atoms with Crippen LogP contribution in [-0.4, -0.2) is 39.9 Å². The van der Waals surface area contributed by atoms with Crippen LogP contribution in [0.1, 0.15) is 18.5 Å². The van der Waals surface area contributed by atoms with Gasteiger partial charge in [-0.25, -0.2) is 0 Å². The van der Waals surface area contributed by atoms with Crippen LogP contribution in [0.5, 0.6) is 0 Å². The maximum Gasteiger partial charge on any atom is 1.00 e. The number of rotatable bonds is 5. The number of carboxylic acid groups (broad SMARTS) is 1. The number of benzene rings is 1. The van der Waals surface area contributed by atoms with Crippen molar-refractivity contribution >= 4 is 29.5 Å². The van der Waals surface area contributed by atoms with E-state index >= 15 is 0 Å². The van der Waals surface area contributed by atoms with E-state index in [0.717, 1.165) is 0 Å². The first-order chi connectivity index (χ1) is 12.5. The first-order valence-electron chi connectivity index (χ1n) is 8.08. The van der Waals surface area contributed by atoms with Crippen LogP contribution in [0.4, 0.5) is 0 Å². The van der Waals surface area contributed by atoms with Crippen LogP contribution in [0.2, 0.25) is 0 Å². The summed E-state index contributed by atoms with van der Waals surface area (Å²) in [5.41, 5.74) is 6.98. The predicted octanol–water partition coefficient (Wildman–Crippen LogP) is -3.33. The smallest absolute Gasteiger partial charge is 0.543 e. The fraction of sp³-hybridized carbons (Fsp3) is 0.278.